The summed E-state index contributed by atoms with van der Waals surface area (Å²) in [6, 6.07) is 5.54. The number of carbonyl (C=O) groups is 1. The number of nitrogens with zero attached hydrogens (tertiary/aromatic N) is 3. The molecule has 3 aromatic rings. The number of rotatable bonds is 4. The highest BCUT2D eigenvalue weighted by molar-refractivity contribution is 7.18. The molecule has 0 bridgehead atoms. The first kappa shape index (κ1) is 18.3. The minimum Gasteiger partial charge on any atom is -0.325 e. The largest absolute Gasteiger partial charge is 0.325 e. The van der Waals surface area contributed by atoms with Crippen LogP contribution in [0.3, 0.4) is 0 Å². The molecule has 28 heavy (non-hydrogen) atoms. The van der Waals surface area contributed by atoms with Crippen LogP contribution in [0.5, 0.6) is 0 Å². The lowest BCUT2D eigenvalue weighted by atomic mass is 9.89. The van der Waals surface area contributed by atoms with Gasteiger partial charge in [0.05, 0.1) is 16.6 Å². The van der Waals surface area contributed by atoms with E-state index in [1.54, 1.807) is 11.3 Å². The van der Waals surface area contributed by atoms with Gasteiger partial charge in [0, 0.05) is 22.7 Å². The molecule has 4 rings (SSSR count). The summed E-state index contributed by atoms with van der Waals surface area (Å²) >= 11 is 1.57. The van der Waals surface area contributed by atoms with Crippen LogP contribution in [0.25, 0.3) is 10.2 Å². The highest BCUT2D eigenvalue weighted by atomic mass is 32.1. The Bertz CT molecular complexity index is 1130. The van der Waals surface area contributed by atoms with E-state index in [1.165, 1.54) is 40.0 Å². The second kappa shape index (κ2) is 7.16. The van der Waals surface area contributed by atoms with Gasteiger partial charge in [0.15, 0.2) is 0 Å². The average Bonchev–Trinajstić information content (AvgIpc) is 3.02. The van der Waals surface area contributed by atoms with Crippen molar-refractivity contribution in [3.05, 3.63) is 61.5 Å². The number of thiophene rings is 1. The average molecular weight is 398 g/mol. The van der Waals surface area contributed by atoms with Gasteiger partial charge in [-0.1, -0.05) is 6.92 Å². The number of amides is 1. The number of fused-ring (bicyclic) bond motifs is 3. The van der Waals surface area contributed by atoms with Crippen LogP contribution in [0.15, 0.2) is 35.4 Å². The van der Waals surface area contributed by atoms with Gasteiger partial charge in [-0.05, 0) is 42.9 Å². The van der Waals surface area contributed by atoms with E-state index in [9.17, 15) is 19.7 Å². The number of non-ortho nitro benzene ring substituents is 1. The van der Waals surface area contributed by atoms with E-state index in [0.29, 0.717) is 17.0 Å². The van der Waals surface area contributed by atoms with Gasteiger partial charge in [-0.25, -0.2) is 4.98 Å². The first-order valence-electron chi connectivity index (χ1n) is 8.96. The lowest BCUT2D eigenvalue weighted by molar-refractivity contribution is -0.384. The maximum absolute atomic E-state index is 12.9. The smallest absolute Gasteiger partial charge is 0.269 e. The molecule has 0 fully saturated rings. The van der Waals surface area contributed by atoms with Crippen LogP contribution in [0, 0.1) is 16.0 Å². The van der Waals surface area contributed by atoms with Crippen molar-refractivity contribution in [3.8, 4) is 0 Å². The zero-order valence-electron chi connectivity index (χ0n) is 15.2. The summed E-state index contributed by atoms with van der Waals surface area (Å²) in [5.74, 6) is 0.213. The highest BCUT2D eigenvalue weighted by Crippen LogP contribution is 2.35. The number of carbonyl (C=O) groups excluding carboxylic acids is 1. The number of nitrogens with one attached hydrogen (secondary N) is 1. The number of aryl methyl sites for hydroxylation is 1. The van der Waals surface area contributed by atoms with Crippen molar-refractivity contribution >= 4 is 38.8 Å². The van der Waals surface area contributed by atoms with Gasteiger partial charge in [0.2, 0.25) is 5.91 Å². The molecule has 8 nitrogen and oxygen atoms in total. The minimum atomic E-state index is -0.506. The second-order valence-electron chi connectivity index (χ2n) is 7.06. The van der Waals surface area contributed by atoms with Crippen molar-refractivity contribution < 1.29 is 9.72 Å². The van der Waals surface area contributed by atoms with Crippen LogP contribution in [0.2, 0.25) is 0 Å². The third-order valence-electron chi connectivity index (χ3n) is 4.96. The lowest BCUT2D eigenvalue weighted by Crippen LogP contribution is -2.28. The Kier molecular flexibility index (Phi) is 4.68. The van der Waals surface area contributed by atoms with E-state index < -0.39 is 10.8 Å². The Hall–Kier alpha value is -3.07. The molecule has 1 atom stereocenters. The standard InChI is InChI=1S/C19H18N4O4S/c1-11-2-7-14-15(8-11)28-18-17(14)19(25)22(10-20-18)9-16(24)21-12-3-5-13(6-4-12)23(26)27/h3-6,10-11H,2,7-9H2,1H3,(H,21,24). The van der Waals surface area contributed by atoms with E-state index in [-0.39, 0.29) is 17.8 Å². The maximum atomic E-state index is 12.9. The molecular weight excluding hydrogens is 380 g/mol. The predicted molar refractivity (Wildman–Crippen MR) is 107 cm³/mol. The van der Waals surface area contributed by atoms with Crippen LogP contribution >= 0.6 is 11.3 Å². The van der Waals surface area contributed by atoms with Crippen molar-refractivity contribution in [2.45, 2.75) is 32.7 Å². The Morgan fingerprint density at radius 3 is 2.86 bits per heavy atom. The van der Waals surface area contributed by atoms with Gasteiger partial charge in [0.1, 0.15) is 11.4 Å². The summed E-state index contributed by atoms with van der Waals surface area (Å²) in [7, 11) is 0. The molecule has 9 heteroatoms. The zero-order valence-corrected chi connectivity index (χ0v) is 16.0. The number of hydrogen-bond donors (Lipinski definition) is 1. The summed E-state index contributed by atoms with van der Waals surface area (Å²) in [5.41, 5.74) is 1.26. The molecule has 0 spiro atoms. The zero-order chi connectivity index (χ0) is 19.8. The molecule has 0 aliphatic heterocycles. The molecule has 0 saturated heterocycles. The highest BCUT2D eigenvalue weighted by Gasteiger charge is 2.23. The van der Waals surface area contributed by atoms with Gasteiger partial charge in [-0.2, -0.15) is 0 Å². The number of nitro groups is 1. The number of anilines is 1. The molecule has 0 saturated carbocycles. The van der Waals surface area contributed by atoms with Gasteiger partial charge >= 0.3 is 0 Å². The third-order valence-corrected chi connectivity index (χ3v) is 6.12. The number of hydrogen-bond acceptors (Lipinski definition) is 6. The van der Waals surface area contributed by atoms with E-state index in [1.807, 2.05) is 0 Å². The van der Waals surface area contributed by atoms with Gasteiger partial charge in [-0.3, -0.25) is 24.3 Å². The van der Waals surface area contributed by atoms with Crippen molar-refractivity contribution in [1.82, 2.24) is 9.55 Å². The Morgan fingerprint density at radius 2 is 2.14 bits per heavy atom. The summed E-state index contributed by atoms with van der Waals surface area (Å²) in [6.45, 7) is 2.04. The lowest BCUT2D eigenvalue weighted by Gasteiger charge is -2.17. The first-order valence-corrected chi connectivity index (χ1v) is 9.78. The van der Waals surface area contributed by atoms with E-state index >= 15 is 0 Å². The third kappa shape index (κ3) is 3.40. The molecule has 2 aromatic heterocycles. The molecule has 144 valence electrons. The van der Waals surface area contributed by atoms with Crippen LogP contribution in [-0.2, 0) is 24.2 Å². The fourth-order valence-electron chi connectivity index (χ4n) is 3.50. The van der Waals surface area contributed by atoms with Gasteiger partial charge in [-0.15, -0.1) is 11.3 Å². The quantitative estimate of drug-likeness (QED) is 0.537. The van der Waals surface area contributed by atoms with Crippen LogP contribution < -0.4 is 10.9 Å². The molecule has 1 unspecified atom stereocenters. The monoisotopic (exact) mass is 398 g/mol. The topological polar surface area (TPSA) is 107 Å². The Morgan fingerprint density at radius 1 is 1.39 bits per heavy atom. The predicted octanol–water partition coefficient (Wildman–Crippen LogP) is 3.13. The SMILES string of the molecule is CC1CCc2c(sc3ncn(CC(=O)Nc4ccc([N+](=O)[O-])cc4)c(=O)c23)C1. The molecule has 1 aliphatic rings. The summed E-state index contributed by atoms with van der Waals surface area (Å²) in [6.07, 6.45) is 4.29. The Balaban J connectivity index is 1.56. The number of nitro benzene ring substituents is 1. The van der Waals surface area contributed by atoms with E-state index in [0.717, 1.165) is 29.7 Å². The van der Waals surface area contributed by atoms with Crippen LogP contribution in [-0.4, -0.2) is 20.4 Å². The molecule has 0 radical (unpaired) electrons. The van der Waals surface area contributed by atoms with Gasteiger partial charge in [0.25, 0.3) is 11.2 Å². The first-order chi connectivity index (χ1) is 13.4. The fourth-order valence-corrected chi connectivity index (χ4v) is 4.84. The molecule has 1 aliphatic carbocycles. The van der Waals surface area contributed by atoms with Crippen LogP contribution in [0.4, 0.5) is 11.4 Å². The minimum absolute atomic E-state index is 0.0552. The fraction of sp³-hybridized carbons (Fsp3) is 0.316. The summed E-state index contributed by atoms with van der Waals surface area (Å²) in [5, 5.41) is 14.0. The molecule has 1 N–H and O–H groups in total. The van der Waals surface area contributed by atoms with Crippen molar-refractivity contribution in [1.29, 1.82) is 0 Å². The molecular formula is C19H18N4O4S. The number of benzene rings is 1. The molecule has 1 aromatic carbocycles. The number of aromatic nitrogens is 2. The Labute approximate surface area is 164 Å². The van der Waals surface area contributed by atoms with Gasteiger partial charge < -0.3 is 5.32 Å². The second-order valence-corrected chi connectivity index (χ2v) is 8.15. The van der Waals surface area contributed by atoms with Crippen molar-refractivity contribution in [2.24, 2.45) is 5.92 Å². The maximum Gasteiger partial charge on any atom is 0.269 e. The van der Waals surface area contributed by atoms with E-state index in [2.05, 4.69) is 17.2 Å². The summed E-state index contributed by atoms with van der Waals surface area (Å²) < 4.78 is 1.31. The van der Waals surface area contributed by atoms with Crippen molar-refractivity contribution in [3.63, 3.8) is 0 Å². The normalized spacial score (nSPS) is 16.0. The van der Waals surface area contributed by atoms with Crippen molar-refractivity contribution in [2.75, 3.05) is 5.32 Å². The van der Waals surface area contributed by atoms with Crippen LogP contribution in [0.1, 0.15) is 23.8 Å². The summed E-state index contributed by atoms with van der Waals surface area (Å²) in [4.78, 5) is 41.8. The molecule has 2 heterocycles. The molecule has 1 amide bonds. The van der Waals surface area contributed by atoms with E-state index in [4.69, 9.17) is 0 Å².